The number of carbonyl (C=O) groups is 2. The van der Waals surface area contributed by atoms with Crippen molar-refractivity contribution in [3.05, 3.63) is 34.7 Å². The maximum atomic E-state index is 12.5. The molecule has 23 heavy (non-hydrogen) atoms. The van der Waals surface area contributed by atoms with Crippen molar-refractivity contribution < 1.29 is 19.2 Å². The zero-order valence-corrected chi connectivity index (χ0v) is 14.0. The fraction of sp³-hybridized carbons (Fsp3) is 0.412. The Hall–Kier alpha value is -1.79. The van der Waals surface area contributed by atoms with Gasteiger partial charge in [0, 0.05) is 0 Å². The number of piperidine rings is 1. The monoisotopic (exact) mass is 333 g/mol. The molecule has 2 saturated heterocycles. The van der Waals surface area contributed by atoms with Crippen molar-refractivity contribution in [2.75, 3.05) is 26.9 Å². The lowest BCUT2D eigenvalue weighted by Gasteiger charge is -2.26. The van der Waals surface area contributed by atoms with Gasteiger partial charge in [0.15, 0.2) is 6.67 Å². The van der Waals surface area contributed by atoms with E-state index in [0.29, 0.717) is 11.6 Å². The SMILES string of the molecule is COc1cccc(/C=C2\SC(=O)N(C[NH+]3CCCCC3)C2=O)c1. The molecule has 0 radical (unpaired) electrons. The summed E-state index contributed by atoms with van der Waals surface area (Å²) in [7, 11) is 1.61. The largest absolute Gasteiger partial charge is 0.497 e. The number of amides is 2. The number of nitrogens with zero attached hydrogens (tertiary/aromatic N) is 1. The number of hydrogen-bond donors (Lipinski definition) is 1. The second-order valence-electron chi connectivity index (χ2n) is 5.86. The van der Waals surface area contributed by atoms with Crippen molar-refractivity contribution in [3.8, 4) is 5.75 Å². The number of methoxy groups -OCH3 is 1. The van der Waals surface area contributed by atoms with E-state index in [1.54, 1.807) is 13.2 Å². The Morgan fingerprint density at radius 3 is 2.78 bits per heavy atom. The molecule has 2 amide bonds. The van der Waals surface area contributed by atoms with Crippen LogP contribution in [-0.2, 0) is 4.79 Å². The first-order chi connectivity index (χ1) is 11.2. The number of nitrogens with one attached hydrogen (secondary N) is 1. The summed E-state index contributed by atoms with van der Waals surface area (Å²) in [4.78, 5) is 27.9. The summed E-state index contributed by atoms with van der Waals surface area (Å²) >= 11 is 1.02. The fourth-order valence-electron chi connectivity index (χ4n) is 2.95. The van der Waals surface area contributed by atoms with Crippen molar-refractivity contribution in [3.63, 3.8) is 0 Å². The molecule has 0 atom stereocenters. The van der Waals surface area contributed by atoms with Crippen LogP contribution in [0.25, 0.3) is 6.08 Å². The van der Waals surface area contributed by atoms with Gasteiger partial charge in [0.05, 0.1) is 25.1 Å². The molecule has 1 aromatic rings. The highest BCUT2D eigenvalue weighted by molar-refractivity contribution is 8.18. The third-order valence-electron chi connectivity index (χ3n) is 4.21. The van der Waals surface area contributed by atoms with Crippen LogP contribution in [0.2, 0.25) is 0 Å². The zero-order valence-electron chi connectivity index (χ0n) is 13.2. The van der Waals surface area contributed by atoms with Gasteiger partial charge in [-0.15, -0.1) is 0 Å². The van der Waals surface area contributed by atoms with E-state index in [4.69, 9.17) is 4.74 Å². The molecular weight excluding hydrogens is 312 g/mol. The summed E-state index contributed by atoms with van der Waals surface area (Å²) < 4.78 is 5.19. The summed E-state index contributed by atoms with van der Waals surface area (Å²) in [5, 5.41) is -0.165. The van der Waals surface area contributed by atoms with Crippen LogP contribution in [0.4, 0.5) is 4.79 Å². The van der Waals surface area contributed by atoms with Crippen LogP contribution in [-0.4, -0.2) is 42.9 Å². The average Bonchev–Trinajstić information content (AvgIpc) is 2.83. The molecule has 0 aliphatic carbocycles. The molecule has 0 unspecified atom stereocenters. The van der Waals surface area contributed by atoms with Crippen molar-refractivity contribution in [1.29, 1.82) is 0 Å². The molecule has 2 heterocycles. The molecule has 2 aliphatic heterocycles. The third-order valence-corrected chi connectivity index (χ3v) is 5.11. The van der Waals surface area contributed by atoms with Gasteiger partial charge in [0.2, 0.25) is 0 Å². The lowest BCUT2D eigenvalue weighted by atomic mass is 10.1. The molecule has 0 aromatic heterocycles. The minimum atomic E-state index is -0.180. The van der Waals surface area contributed by atoms with E-state index in [1.165, 1.54) is 29.1 Å². The van der Waals surface area contributed by atoms with E-state index < -0.39 is 0 Å². The number of quaternary nitrogens is 1. The Bertz CT molecular complexity index is 638. The van der Waals surface area contributed by atoms with Crippen LogP contribution < -0.4 is 9.64 Å². The van der Waals surface area contributed by atoms with Crippen molar-refractivity contribution in [1.82, 2.24) is 4.90 Å². The van der Waals surface area contributed by atoms with E-state index in [-0.39, 0.29) is 11.1 Å². The summed E-state index contributed by atoms with van der Waals surface area (Å²) in [6.07, 6.45) is 5.36. The minimum absolute atomic E-state index is 0.165. The van der Waals surface area contributed by atoms with E-state index >= 15 is 0 Å². The summed E-state index contributed by atoms with van der Waals surface area (Å²) in [5.74, 6) is 0.552. The third kappa shape index (κ3) is 3.76. The first kappa shape index (κ1) is 16.1. The molecule has 2 aliphatic rings. The Morgan fingerprint density at radius 1 is 1.26 bits per heavy atom. The van der Waals surface area contributed by atoms with Crippen LogP contribution in [0.3, 0.4) is 0 Å². The first-order valence-electron chi connectivity index (χ1n) is 7.90. The topological polar surface area (TPSA) is 51.0 Å². The number of benzene rings is 1. The predicted molar refractivity (Wildman–Crippen MR) is 90.2 cm³/mol. The molecule has 122 valence electrons. The number of carbonyl (C=O) groups excluding carboxylic acids is 2. The molecular formula is C17H21N2O3S+. The standard InChI is InChI=1S/C17H20N2O3S/c1-22-14-7-5-6-13(10-14)11-15-16(20)19(17(21)23-15)12-18-8-3-2-4-9-18/h5-7,10-11H,2-4,8-9,12H2,1H3/p+1/b15-11-. The Morgan fingerprint density at radius 2 is 2.04 bits per heavy atom. The van der Waals surface area contributed by atoms with Gasteiger partial charge in [-0.3, -0.25) is 9.59 Å². The molecule has 2 fully saturated rings. The number of imide groups is 1. The normalized spacial score (nSPS) is 21.3. The average molecular weight is 333 g/mol. The number of rotatable bonds is 4. The molecule has 0 bridgehead atoms. The second kappa shape index (κ2) is 7.19. The summed E-state index contributed by atoms with van der Waals surface area (Å²) in [5.41, 5.74) is 0.861. The van der Waals surface area contributed by atoms with Crippen LogP contribution in [0.5, 0.6) is 5.75 Å². The smallest absolute Gasteiger partial charge is 0.298 e. The molecule has 3 rings (SSSR count). The van der Waals surface area contributed by atoms with Gasteiger partial charge in [-0.2, -0.15) is 0 Å². The van der Waals surface area contributed by atoms with Gasteiger partial charge in [0.1, 0.15) is 5.75 Å². The zero-order chi connectivity index (χ0) is 16.2. The van der Waals surface area contributed by atoms with Gasteiger partial charge in [-0.05, 0) is 54.8 Å². The Kier molecular flexibility index (Phi) is 5.03. The number of hydrogen-bond acceptors (Lipinski definition) is 4. The summed E-state index contributed by atoms with van der Waals surface area (Å²) in [6.45, 7) is 2.56. The second-order valence-corrected chi connectivity index (χ2v) is 6.85. The Balaban J connectivity index is 1.73. The molecule has 0 saturated carbocycles. The van der Waals surface area contributed by atoms with Gasteiger partial charge < -0.3 is 9.64 Å². The lowest BCUT2D eigenvalue weighted by Crippen LogP contribution is -3.14. The van der Waals surface area contributed by atoms with Gasteiger partial charge >= 0.3 is 0 Å². The van der Waals surface area contributed by atoms with Crippen molar-refractivity contribution in [2.45, 2.75) is 19.3 Å². The number of thioether (sulfide) groups is 1. The highest BCUT2D eigenvalue weighted by Crippen LogP contribution is 2.32. The molecule has 0 spiro atoms. The number of likely N-dealkylation sites (tertiary alicyclic amines) is 1. The molecule has 1 aromatic carbocycles. The van der Waals surface area contributed by atoms with Crippen molar-refractivity contribution >= 4 is 29.0 Å². The van der Waals surface area contributed by atoms with Crippen molar-refractivity contribution in [2.24, 2.45) is 0 Å². The highest BCUT2D eigenvalue weighted by Gasteiger charge is 2.37. The van der Waals surface area contributed by atoms with Crippen LogP contribution in [0, 0.1) is 0 Å². The first-order valence-corrected chi connectivity index (χ1v) is 8.72. The van der Waals surface area contributed by atoms with E-state index in [9.17, 15) is 9.59 Å². The van der Waals surface area contributed by atoms with E-state index in [2.05, 4.69) is 0 Å². The molecule has 6 heteroatoms. The lowest BCUT2D eigenvalue weighted by molar-refractivity contribution is -0.912. The molecule has 1 N–H and O–H groups in total. The maximum absolute atomic E-state index is 12.5. The maximum Gasteiger partial charge on any atom is 0.298 e. The van der Waals surface area contributed by atoms with Crippen LogP contribution >= 0.6 is 11.8 Å². The molecule has 5 nitrogen and oxygen atoms in total. The van der Waals surface area contributed by atoms with Crippen LogP contribution in [0.1, 0.15) is 24.8 Å². The minimum Gasteiger partial charge on any atom is -0.497 e. The fourth-order valence-corrected chi connectivity index (χ4v) is 3.79. The highest BCUT2D eigenvalue weighted by atomic mass is 32.2. The Labute approximate surface area is 140 Å². The van der Waals surface area contributed by atoms with Gasteiger partial charge in [0.25, 0.3) is 11.1 Å². The van der Waals surface area contributed by atoms with E-state index in [0.717, 1.165) is 36.2 Å². The van der Waals surface area contributed by atoms with Crippen LogP contribution in [0.15, 0.2) is 29.2 Å². The number of ether oxygens (including phenoxy) is 1. The van der Waals surface area contributed by atoms with Gasteiger partial charge in [-0.1, -0.05) is 12.1 Å². The predicted octanol–water partition coefficient (Wildman–Crippen LogP) is 1.76. The van der Waals surface area contributed by atoms with E-state index in [1.807, 2.05) is 24.3 Å². The quantitative estimate of drug-likeness (QED) is 0.853. The van der Waals surface area contributed by atoms with Gasteiger partial charge in [-0.25, -0.2) is 4.90 Å². The summed E-state index contributed by atoms with van der Waals surface area (Å²) in [6, 6.07) is 7.46.